The summed E-state index contributed by atoms with van der Waals surface area (Å²) in [5.74, 6) is -2.64. The Kier molecular flexibility index (Phi) is 9.90. The van der Waals surface area contributed by atoms with Crippen molar-refractivity contribution in [3.8, 4) is 22.3 Å². The molecule has 0 aliphatic rings. The van der Waals surface area contributed by atoms with E-state index in [1.165, 1.54) is 30.3 Å². The molecule has 0 saturated heterocycles. The molecule has 248 valence electrons. The molecule has 49 heavy (non-hydrogen) atoms. The van der Waals surface area contributed by atoms with Crippen LogP contribution < -0.4 is 10.6 Å². The van der Waals surface area contributed by atoms with E-state index in [1.807, 2.05) is 57.2 Å². The van der Waals surface area contributed by atoms with Gasteiger partial charge < -0.3 is 15.7 Å². The predicted octanol–water partition coefficient (Wildman–Crippen LogP) is 8.62. The summed E-state index contributed by atoms with van der Waals surface area (Å²) >= 11 is 0. The van der Waals surface area contributed by atoms with Gasteiger partial charge in [0.1, 0.15) is 6.04 Å². The van der Waals surface area contributed by atoms with Crippen molar-refractivity contribution < 1.29 is 32.7 Å². The molecule has 1 atom stereocenters. The fraction of sp³-hybridized carbons (Fsp3) is 0.175. The van der Waals surface area contributed by atoms with Crippen LogP contribution in [0.15, 0.2) is 109 Å². The fourth-order valence-electron chi connectivity index (χ4n) is 5.23. The zero-order valence-corrected chi connectivity index (χ0v) is 27.0. The van der Waals surface area contributed by atoms with Gasteiger partial charge in [-0.15, -0.1) is 0 Å². The van der Waals surface area contributed by atoms with Crippen molar-refractivity contribution in [2.75, 3.05) is 5.32 Å². The molecule has 0 fully saturated rings. The minimum Gasteiger partial charge on any atom is -0.480 e. The van der Waals surface area contributed by atoms with Crippen molar-refractivity contribution in [2.24, 2.45) is 0 Å². The quantitative estimate of drug-likeness (QED) is 0.147. The number of nitrogens with one attached hydrogen (secondary N) is 2. The Balaban J connectivity index is 1.44. The third kappa shape index (κ3) is 8.54. The molecule has 5 aromatic rings. The van der Waals surface area contributed by atoms with Crippen molar-refractivity contribution in [2.45, 2.75) is 44.8 Å². The summed E-state index contributed by atoms with van der Waals surface area (Å²) in [5, 5.41) is 15.3. The average molecular weight is 663 g/mol. The molecule has 3 N–H and O–H groups in total. The van der Waals surface area contributed by atoms with Gasteiger partial charge in [0.15, 0.2) is 0 Å². The summed E-state index contributed by atoms with van der Waals surface area (Å²) in [6, 6.07) is 33.0. The summed E-state index contributed by atoms with van der Waals surface area (Å²) in [6.45, 7) is 6.13. The molecule has 0 radical (unpaired) electrons. The van der Waals surface area contributed by atoms with Crippen LogP contribution in [0.25, 0.3) is 22.3 Å². The lowest BCUT2D eigenvalue weighted by atomic mass is 9.86. The van der Waals surface area contributed by atoms with E-state index >= 15 is 0 Å². The summed E-state index contributed by atoms with van der Waals surface area (Å²) in [7, 11) is 0. The first-order valence-corrected chi connectivity index (χ1v) is 15.4. The Labute approximate surface area is 282 Å². The van der Waals surface area contributed by atoms with Gasteiger partial charge in [-0.1, -0.05) is 93.6 Å². The van der Waals surface area contributed by atoms with Crippen molar-refractivity contribution in [1.29, 1.82) is 0 Å². The highest BCUT2D eigenvalue weighted by Crippen LogP contribution is 2.33. The van der Waals surface area contributed by atoms with Crippen molar-refractivity contribution in [3.05, 3.63) is 149 Å². The van der Waals surface area contributed by atoms with Crippen LogP contribution in [0.5, 0.6) is 0 Å². The molecule has 0 saturated carbocycles. The van der Waals surface area contributed by atoms with E-state index < -0.39 is 35.6 Å². The molecule has 0 spiro atoms. The summed E-state index contributed by atoms with van der Waals surface area (Å²) in [6.07, 6.45) is -4.64. The van der Waals surface area contributed by atoms with Gasteiger partial charge in [0.2, 0.25) is 0 Å². The number of rotatable bonds is 9. The van der Waals surface area contributed by atoms with Crippen LogP contribution in [0.3, 0.4) is 0 Å². The Bertz CT molecular complexity index is 1960. The molecule has 0 unspecified atom stereocenters. The molecule has 5 aromatic carbocycles. The molecule has 0 aliphatic heterocycles. The molecule has 2 amide bonds. The van der Waals surface area contributed by atoms with E-state index in [9.17, 15) is 32.7 Å². The lowest BCUT2D eigenvalue weighted by Crippen LogP contribution is -2.42. The first-order valence-electron chi connectivity index (χ1n) is 15.4. The Morgan fingerprint density at radius 2 is 1.43 bits per heavy atom. The maximum absolute atomic E-state index is 13.8. The van der Waals surface area contributed by atoms with Gasteiger partial charge in [-0.05, 0) is 81.8 Å². The molecular formula is C40H33F3N2O4. The minimum atomic E-state index is -4.59. The van der Waals surface area contributed by atoms with Crippen LogP contribution in [0.1, 0.15) is 58.2 Å². The number of amides is 2. The van der Waals surface area contributed by atoms with Crippen LogP contribution in [0.2, 0.25) is 0 Å². The lowest BCUT2D eigenvalue weighted by molar-refractivity contribution is -0.139. The van der Waals surface area contributed by atoms with Crippen LogP contribution in [-0.4, -0.2) is 28.9 Å². The first kappa shape index (κ1) is 34.5. The van der Waals surface area contributed by atoms with Crippen LogP contribution in [0.4, 0.5) is 18.9 Å². The minimum absolute atomic E-state index is 0.0544. The van der Waals surface area contributed by atoms with Crippen molar-refractivity contribution >= 4 is 23.5 Å². The third-order valence-electron chi connectivity index (χ3n) is 8.01. The molecular weight excluding hydrogens is 629 g/mol. The highest BCUT2D eigenvalue weighted by Gasteiger charge is 2.31. The van der Waals surface area contributed by atoms with E-state index in [4.69, 9.17) is 0 Å². The standard InChI is InChI=1S/C40H33F3N2O4/c1-39(2,3)31-19-16-28(17-20-31)36(46)44-34-21-18-30(29-10-7-11-32(23-29)40(41,42)43)24-33(34)37(47)45-35(38(48)49)22-25-12-14-27(15-13-25)26-8-5-4-6-9-26/h4-5,7-8,10-21,23-24,35H,22H2,1-3H3,(H,44,46)(H,45,47)(H,48,49)/t35-/m0/s1. The number of hydrogen-bond acceptors (Lipinski definition) is 3. The van der Waals surface area contributed by atoms with Crippen molar-refractivity contribution in [3.63, 3.8) is 0 Å². The molecule has 0 heterocycles. The van der Waals surface area contributed by atoms with Gasteiger partial charge in [0, 0.05) is 17.5 Å². The molecule has 6 nitrogen and oxygen atoms in total. The second-order valence-electron chi connectivity index (χ2n) is 12.6. The Hall–Kier alpha value is -5.88. The predicted molar refractivity (Wildman–Crippen MR) is 182 cm³/mol. The van der Waals surface area contributed by atoms with Crippen molar-refractivity contribution in [1.82, 2.24) is 5.32 Å². The highest BCUT2D eigenvalue weighted by atomic mass is 19.4. The fourth-order valence-corrected chi connectivity index (χ4v) is 5.23. The monoisotopic (exact) mass is 662 g/mol. The van der Waals surface area contributed by atoms with Crippen LogP contribution in [0, 0.1) is 12.1 Å². The van der Waals surface area contributed by atoms with Gasteiger partial charge in [0.25, 0.3) is 11.8 Å². The lowest BCUT2D eigenvalue weighted by Gasteiger charge is -2.19. The number of carbonyl (C=O) groups excluding carboxylic acids is 2. The molecule has 9 heteroatoms. The number of hydrogen-bond donors (Lipinski definition) is 3. The number of carboxylic acids is 1. The Morgan fingerprint density at radius 3 is 2.04 bits per heavy atom. The van der Waals surface area contributed by atoms with E-state index in [0.717, 1.165) is 28.8 Å². The topological polar surface area (TPSA) is 95.5 Å². The number of anilines is 1. The number of alkyl halides is 3. The van der Waals surface area contributed by atoms with Gasteiger partial charge in [-0.2, -0.15) is 13.2 Å². The molecule has 5 rings (SSSR count). The smallest absolute Gasteiger partial charge is 0.416 e. The normalized spacial score (nSPS) is 12.0. The van der Waals surface area contributed by atoms with E-state index in [-0.39, 0.29) is 34.2 Å². The number of benzene rings is 4. The van der Waals surface area contributed by atoms with E-state index in [2.05, 4.69) is 22.8 Å². The van der Waals surface area contributed by atoms with Gasteiger partial charge in [-0.25, -0.2) is 4.79 Å². The largest absolute Gasteiger partial charge is 0.480 e. The van der Waals surface area contributed by atoms with Crippen LogP contribution >= 0.6 is 0 Å². The molecule has 0 bridgehead atoms. The highest BCUT2D eigenvalue weighted by molar-refractivity contribution is 6.10. The number of halogens is 3. The average Bonchev–Trinajstić information content (AvgIpc) is 3.08. The number of aliphatic carboxylic acids is 1. The second-order valence-corrected chi connectivity index (χ2v) is 12.6. The molecule has 0 aliphatic carbocycles. The molecule has 0 aromatic heterocycles. The first-order chi connectivity index (χ1) is 23.2. The number of carbonyl (C=O) groups is 3. The zero-order valence-electron chi connectivity index (χ0n) is 27.0. The Morgan fingerprint density at radius 1 is 0.755 bits per heavy atom. The maximum Gasteiger partial charge on any atom is 0.416 e. The number of carboxylic acid groups (broad SMARTS) is 1. The summed E-state index contributed by atoms with van der Waals surface area (Å²) < 4.78 is 40.5. The summed E-state index contributed by atoms with van der Waals surface area (Å²) in [5.41, 5.74) is 3.03. The second kappa shape index (κ2) is 14.1. The van der Waals surface area contributed by atoms with Gasteiger partial charge in [-0.3, -0.25) is 9.59 Å². The van der Waals surface area contributed by atoms with E-state index in [1.54, 1.807) is 30.3 Å². The van der Waals surface area contributed by atoms with E-state index in [0.29, 0.717) is 11.1 Å². The SMILES string of the molecule is CC(C)(C)c1ccc(C(=O)Nc2ccc(-c3cccc(C(F)(F)F)c3)cc2C(=O)N[C@@H](Cc2ccc(-c3c#cccc3)cc2)C(=O)O)cc1. The van der Waals surface area contributed by atoms with Gasteiger partial charge in [0.05, 0.1) is 16.8 Å². The zero-order chi connectivity index (χ0) is 35.3. The van der Waals surface area contributed by atoms with Crippen LogP contribution in [-0.2, 0) is 22.8 Å². The van der Waals surface area contributed by atoms with Gasteiger partial charge >= 0.3 is 12.1 Å². The summed E-state index contributed by atoms with van der Waals surface area (Å²) in [4.78, 5) is 39.4. The maximum atomic E-state index is 13.8. The third-order valence-corrected chi connectivity index (χ3v) is 8.01.